The number of nitrogens with one attached hydrogen (secondary N) is 1. The first kappa shape index (κ1) is 13.0. The van der Waals surface area contributed by atoms with E-state index in [-0.39, 0.29) is 16.4 Å². The minimum absolute atomic E-state index is 0.159. The molecule has 6 heteroatoms. The smallest absolute Gasteiger partial charge is 0.274 e. The Labute approximate surface area is 114 Å². The Morgan fingerprint density at radius 2 is 1.84 bits per heavy atom. The first-order chi connectivity index (χ1) is 9.08. The largest absolute Gasteiger partial charge is 0.366 e. The predicted molar refractivity (Wildman–Crippen MR) is 72.2 cm³/mol. The van der Waals surface area contributed by atoms with Gasteiger partial charge >= 0.3 is 0 Å². The Kier molecular flexibility index (Phi) is 3.77. The van der Waals surface area contributed by atoms with E-state index in [1.54, 1.807) is 30.3 Å². The Morgan fingerprint density at radius 1 is 1.11 bits per heavy atom. The van der Waals surface area contributed by atoms with Gasteiger partial charge in [-0.15, -0.1) is 0 Å². The quantitative estimate of drug-likeness (QED) is 0.841. The van der Waals surface area contributed by atoms with Crippen molar-refractivity contribution in [1.29, 1.82) is 0 Å². The van der Waals surface area contributed by atoms with Crippen LogP contribution in [0.1, 0.15) is 20.8 Å². The third kappa shape index (κ3) is 3.08. The molecule has 0 aliphatic carbocycles. The van der Waals surface area contributed by atoms with E-state index in [1.807, 2.05) is 0 Å². The fourth-order valence-electron chi connectivity index (χ4n) is 1.53. The number of hydrogen-bond donors (Lipinski definition) is 2. The number of para-hydroxylation sites is 1. The van der Waals surface area contributed by atoms with Crippen LogP contribution >= 0.6 is 11.6 Å². The molecule has 1 aromatic heterocycles. The van der Waals surface area contributed by atoms with Crippen LogP contribution in [0, 0.1) is 0 Å². The summed E-state index contributed by atoms with van der Waals surface area (Å²) in [6, 6.07) is 11.2. The van der Waals surface area contributed by atoms with Gasteiger partial charge < -0.3 is 11.1 Å². The molecule has 1 aromatic carbocycles. The highest BCUT2D eigenvalue weighted by molar-refractivity contribution is 6.29. The number of pyridine rings is 1. The van der Waals surface area contributed by atoms with E-state index in [0.717, 1.165) is 0 Å². The molecule has 2 aromatic rings. The molecule has 0 aliphatic heterocycles. The van der Waals surface area contributed by atoms with Gasteiger partial charge in [-0.25, -0.2) is 4.98 Å². The molecule has 0 bridgehead atoms. The average molecular weight is 276 g/mol. The number of carbonyl (C=O) groups is 2. The van der Waals surface area contributed by atoms with Gasteiger partial charge in [0.15, 0.2) is 0 Å². The average Bonchev–Trinajstić information content (AvgIpc) is 2.39. The fraction of sp³-hybridized carbons (Fsp3) is 0. The predicted octanol–water partition coefficient (Wildman–Crippen LogP) is 2.09. The van der Waals surface area contributed by atoms with Gasteiger partial charge in [0.1, 0.15) is 10.8 Å². The molecule has 2 rings (SSSR count). The molecule has 96 valence electrons. The number of halogens is 1. The highest BCUT2D eigenvalue weighted by Gasteiger charge is 2.12. The molecule has 3 N–H and O–H groups in total. The number of benzene rings is 1. The Bertz CT molecular complexity index is 643. The van der Waals surface area contributed by atoms with Crippen LogP contribution in [0.2, 0.25) is 5.15 Å². The van der Waals surface area contributed by atoms with E-state index in [1.165, 1.54) is 12.1 Å². The maximum absolute atomic E-state index is 12.0. The second-order valence-corrected chi connectivity index (χ2v) is 4.10. The Balaban J connectivity index is 2.27. The summed E-state index contributed by atoms with van der Waals surface area (Å²) in [5.41, 5.74) is 5.95. The highest BCUT2D eigenvalue weighted by atomic mass is 35.5. The zero-order valence-corrected chi connectivity index (χ0v) is 10.5. The lowest BCUT2D eigenvalue weighted by atomic mass is 10.1. The first-order valence-corrected chi connectivity index (χ1v) is 5.78. The molecule has 1 heterocycles. The van der Waals surface area contributed by atoms with Crippen molar-refractivity contribution in [3.05, 3.63) is 58.9 Å². The molecule has 0 saturated heterocycles. The van der Waals surface area contributed by atoms with Crippen LogP contribution in [0.15, 0.2) is 42.5 Å². The van der Waals surface area contributed by atoms with E-state index in [2.05, 4.69) is 10.3 Å². The topological polar surface area (TPSA) is 85.1 Å². The Hall–Kier alpha value is -2.40. The van der Waals surface area contributed by atoms with Crippen molar-refractivity contribution in [1.82, 2.24) is 4.98 Å². The third-order valence-electron chi connectivity index (χ3n) is 2.39. The van der Waals surface area contributed by atoms with Crippen LogP contribution in [0.5, 0.6) is 0 Å². The maximum Gasteiger partial charge on any atom is 0.274 e. The van der Waals surface area contributed by atoms with Gasteiger partial charge in [0, 0.05) is 0 Å². The number of aromatic nitrogens is 1. The van der Waals surface area contributed by atoms with Crippen LogP contribution in [0.3, 0.4) is 0 Å². The van der Waals surface area contributed by atoms with Gasteiger partial charge in [-0.2, -0.15) is 0 Å². The molecular formula is C13H10ClN3O2. The van der Waals surface area contributed by atoms with Gasteiger partial charge in [-0.05, 0) is 24.3 Å². The molecule has 0 atom stereocenters. The molecule has 5 nitrogen and oxygen atoms in total. The number of carbonyl (C=O) groups excluding carboxylic acids is 2. The molecule has 0 spiro atoms. The van der Waals surface area contributed by atoms with Crippen molar-refractivity contribution < 1.29 is 9.59 Å². The molecule has 0 unspecified atom stereocenters. The highest BCUT2D eigenvalue weighted by Crippen LogP contribution is 2.15. The molecule has 0 fully saturated rings. The van der Waals surface area contributed by atoms with Crippen molar-refractivity contribution in [3.63, 3.8) is 0 Å². The third-order valence-corrected chi connectivity index (χ3v) is 2.60. The van der Waals surface area contributed by atoms with Crippen molar-refractivity contribution in [2.75, 3.05) is 5.32 Å². The van der Waals surface area contributed by atoms with E-state index in [9.17, 15) is 9.59 Å². The van der Waals surface area contributed by atoms with Crippen LogP contribution in [0.25, 0.3) is 0 Å². The summed E-state index contributed by atoms with van der Waals surface area (Å²) in [5.74, 6) is -1.08. The zero-order chi connectivity index (χ0) is 13.8. The lowest BCUT2D eigenvalue weighted by Gasteiger charge is -2.08. The van der Waals surface area contributed by atoms with Crippen LogP contribution in [-0.2, 0) is 0 Å². The summed E-state index contributed by atoms with van der Waals surface area (Å²) in [6.07, 6.45) is 0. The molecule has 2 amide bonds. The van der Waals surface area contributed by atoms with Gasteiger partial charge in [0.25, 0.3) is 11.8 Å². The van der Waals surface area contributed by atoms with Crippen molar-refractivity contribution in [3.8, 4) is 0 Å². The normalized spacial score (nSPS) is 9.95. The lowest BCUT2D eigenvalue weighted by Crippen LogP contribution is -2.18. The van der Waals surface area contributed by atoms with Gasteiger partial charge in [-0.1, -0.05) is 29.8 Å². The number of hydrogen-bond acceptors (Lipinski definition) is 3. The van der Waals surface area contributed by atoms with E-state index < -0.39 is 11.8 Å². The zero-order valence-electron chi connectivity index (χ0n) is 9.76. The minimum Gasteiger partial charge on any atom is -0.366 e. The maximum atomic E-state index is 12.0. The van der Waals surface area contributed by atoms with Crippen LogP contribution in [0.4, 0.5) is 5.69 Å². The summed E-state index contributed by atoms with van der Waals surface area (Å²) in [5, 5.41) is 2.79. The summed E-state index contributed by atoms with van der Waals surface area (Å²) < 4.78 is 0. The van der Waals surface area contributed by atoms with E-state index in [0.29, 0.717) is 5.69 Å². The molecule has 0 saturated carbocycles. The van der Waals surface area contributed by atoms with E-state index in [4.69, 9.17) is 17.3 Å². The summed E-state index contributed by atoms with van der Waals surface area (Å²) in [6.45, 7) is 0. The second-order valence-electron chi connectivity index (χ2n) is 3.71. The fourth-order valence-corrected chi connectivity index (χ4v) is 1.69. The number of amides is 2. The minimum atomic E-state index is -0.616. The standard InChI is InChI=1S/C13H10ClN3O2/c14-11-7-3-6-10(16-11)13(19)17-9-5-2-1-4-8(9)12(15)18/h1-7H,(H2,15,18)(H,17,19). The summed E-state index contributed by atoms with van der Waals surface area (Å²) in [4.78, 5) is 27.1. The van der Waals surface area contributed by atoms with Crippen LogP contribution in [-0.4, -0.2) is 16.8 Å². The van der Waals surface area contributed by atoms with Crippen LogP contribution < -0.4 is 11.1 Å². The number of rotatable bonds is 3. The molecule has 19 heavy (non-hydrogen) atoms. The monoisotopic (exact) mass is 275 g/mol. The van der Waals surface area contributed by atoms with Gasteiger partial charge in [0.2, 0.25) is 0 Å². The lowest BCUT2D eigenvalue weighted by molar-refractivity contribution is 0.100. The van der Waals surface area contributed by atoms with Crippen molar-refractivity contribution in [2.45, 2.75) is 0 Å². The summed E-state index contributed by atoms with van der Waals surface area (Å²) >= 11 is 5.71. The molecule has 0 radical (unpaired) electrons. The number of anilines is 1. The number of primary amides is 1. The number of nitrogens with zero attached hydrogens (tertiary/aromatic N) is 1. The SMILES string of the molecule is NC(=O)c1ccccc1NC(=O)c1cccc(Cl)n1. The Morgan fingerprint density at radius 3 is 2.53 bits per heavy atom. The summed E-state index contributed by atoms with van der Waals surface area (Å²) in [7, 11) is 0. The van der Waals surface area contributed by atoms with Gasteiger partial charge in [0.05, 0.1) is 11.3 Å². The van der Waals surface area contributed by atoms with E-state index >= 15 is 0 Å². The van der Waals surface area contributed by atoms with Gasteiger partial charge in [-0.3, -0.25) is 9.59 Å². The molecular weight excluding hydrogens is 266 g/mol. The molecule has 0 aliphatic rings. The van der Waals surface area contributed by atoms with Crippen molar-refractivity contribution in [2.24, 2.45) is 5.73 Å². The van der Waals surface area contributed by atoms with Crippen molar-refractivity contribution >= 4 is 29.1 Å². The second kappa shape index (κ2) is 5.49. The number of nitrogens with two attached hydrogens (primary N) is 1. The first-order valence-electron chi connectivity index (χ1n) is 5.40.